The van der Waals surface area contributed by atoms with Crippen molar-refractivity contribution in [2.45, 2.75) is 25.3 Å². The standard InChI is InChI=1S/C23H20F2N6O/c24-16-10-20-21(11-17(16)25)30-22(13-28-20)29-12-15-3-1-2-8-31(15)23(32)14-4-5-18-19(9-14)27-7-6-26-18/h4-7,9-11,13,15H,1-3,8,12H2,(H,29,30)/t15-/m0/s1. The number of nitrogens with zero attached hydrogens (tertiary/aromatic N) is 5. The van der Waals surface area contributed by atoms with Crippen LogP contribution < -0.4 is 5.32 Å². The minimum Gasteiger partial charge on any atom is -0.367 e. The Bertz CT molecular complexity index is 1310. The largest absolute Gasteiger partial charge is 0.367 e. The maximum Gasteiger partial charge on any atom is 0.254 e. The molecule has 162 valence electrons. The number of anilines is 1. The third-order valence-corrected chi connectivity index (χ3v) is 5.71. The molecule has 5 rings (SSSR count). The van der Waals surface area contributed by atoms with E-state index >= 15 is 0 Å². The van der Waals surface area contributed by atoms with Gasteiger partial charge >= 0.3 is 0 Å². The number of carbonyl (C=O) groups excluding carboxylic acids is 1. The average molecular weight is 434 g/mol. The van der Waals surface area contributed by atoms with Gasteiger partial charge < -0.3 is 10.2 Å². The molecule has 1 aliphatic heterocycles. The summed E-state index contributed by atoms with van der Waals surface area (Å²) in [6.45, 7) is 1.14. The molecule has 0 unspecified atom stereocenters. The van der Waals surface area contributed by atoms with Crippen LogP contribution in [0.2, 0.25) is 0 Å². The molecule has 2 aromatic carbocycles. The fourth-order valence-electron chi connectivity index (χ4n) is 4.06. The summed E-state index contributed by atoms with van der Waals surface area (Å²) >= 11 is 0. The van der Waals surface area contributed by atoms with E-state index in [1.54, 1.807) is 30.6 Å². The van der Waals surface area contributed by atoms with Crippen molar-refractivity contribution in [3.05, 3.63) is 66.1 Å². The van der Waals surface area contributed by atoms with Gasteiger partial charge in [-0.3, -0.25) is 19.7 Å². The van der Waals surface area contributed by atoms with Gasteiger partial charge in [-0.15, -0.1) is 0 Å². The van der Waals surface area contributed by atoms with Crippen molar-refractivity contribution in [1.82, 2.24) is 24.8 Å². The van der Waals surface area contributed by atoms with E-state index in [-0.39, 0.29) is 23.0 Å². The minimum atomic E-state index is -0.965. The van der Waals surface area contributed by atoms with Gasteiger partial charge in [0.15, 0.2) is 11.6 Å². The molecular formula is C23H20F2N6O. The summed E-state index contributed by atoms with van der Waals surface area (Å²) in [6.07, 6.45) is 7.53. The van der Waals surface area contributed by atoms with Crippen molar-refractivity contribution in [3.8, 4) is 0 Å². The van der Waals surface area contributed by atoms with Gasteiger partial charge in [0.1, 0.15) is 5.82 Å². The molecule has 7 nitrogen and oxygen atoms in total. The molecule has 1 aliphatic rings. The maximum atomic E-state index is 13.5. The van der Waals surface area contributed by atoms with Crippen molar-refractivity contribution < 1.29 is 13.6 Å². The quantitative estimate of drug-likeness (QED) is 0.524. The summed E-state index contributed by atoms with van der Waals surface area (Å²) in [5, 5.41) is 3.20. The molecule has 3 heterocycles. The third kappa shape index (κ3) is 3.93. The van der Waals surface area contributed by atoms with Crippen LogP contribution in [-0.2, 0) is 0 Å². The number of carbonyl (C=O) groups is 1. The number of benzene rings is 2. The van der Waals surface area contributed by atoms with Crippen molar-refractivity contribution in [1.29, 1.82) is 0 Å². The molecule has 1 fully saturated rings. The number of likely N-dealkylation sites (tertiary alicyclic amines) is 1. The van der Waals surface area contributed by atoms with Crippen LogP contribution in [0.15, 0.2) is 48.9 Å². The number of piperidine rings is 1. The smallest absolute Gasteiger partial charge is 0.254 e. The molecule has 1 N–H and O–H groups in total. The van der Waals surface area contributed by atoms with E-state index in [0.717, 1.165) is 36.9 Å². The number of hydrogen-bond acceptors (Lipinski definition) is 6. The Hall–Kier alpha value is -3.75. The monoisotopic (exact) mass is 434 g/mol. The Kier molecular flexibility index (Phi) is 5.30. The molecule has 1 saturated heterocycles. The fourth-order valence-corrected chi connectivity index (χ4v) is 4.06. The number of fused-ring (bicyclic) bond motifs is 2. The number of amides is 1. The Balaban J connectivity index is 1.33. The zero-order valence-corrected chi connectivity index (χ0v) is 17.1. The molecule has 2 aromatic heterocycles. The summed E-state index contributed by atoms with van der Waals surface area (Å²) in [6, 6.07) is 7.38. The molecule has 32 heavy (non-hydrogen) atoms. The third-order valence-electron chi connectivity index (χ3n) is 5.71. The number of hydrogen-bond donors (Lipinski definition) is 1. The predicted octanol–water partition coefficient (Wildman–Crippen LogP) is 3.96. The van der Waals surface area contributed by atoms with Crippen LogP contribution in [0, 0.1) is 11.6 Å². The Labute approximate surface area is 182 Å². The van der Waals surface area contributed by atoms with Gasteiger partial charge in [-0.2, -0.15) is 0 Å². The van der Waals surface area contributed by atoms with Gasteiger partial charge in [0.2, 0.25) is 0 Å². The molecule has 4 aromatic rings. The normalized spacial score (nSPS) is 16.4. The highest BCUT2D eigenvalue weighted by Gasteiger charge is 2.27. The fraction of sp³-hybridized carbons (Fsp3) is 0.261. The Morgan fingerprint density at radius 2 is 1.72 bits per heavy atom. The molecule has 1 amide bonds. The first-order chi connectivity index (χ1) is 15.6. The summed E-state index contributed by atoms with van der Waals surface area (Å²) in [4.78, 5) is 32.1. The van der Waals surface area contributed by atoms with Crippen molar-refractivity contribution in [2.24, 2.45) is 0 Å². The summed E-state index contributed by atoms with van der Waals surface area (Å²) in [7, 11) is 0. The van der Waals surface area contributed by atoms with Crippen LogP contribution in [0.25, 0.3) is 22.1 Å². The lowest BCUT2D eigenvalue weighted by atomic mass is 10.0. The highest BCUT2D eigenvalue weighted by molar-refractivity contribution is 5.97. The number of rotatable bonds is 4. The van der Waals surface area contributed by atoms with Crippen molar-refractivity contribution in [2.75, 3.05) is 18.4 Å². The summed E-state index contributed by atoms with van der Waals surface area (Å²) in [5.74, 6) is -1.52. The van der Waals surface area contributed by atoms with Gasteiger partial charge in [0.25, 0.3) is 5.91 Å². The minimum absolute atomic E-state index is 0.0312. The summed E-state index contributed by atoms with van der Waals surface area (Å²) in [5.41, 5.74) is 2.55. The lowest BCUT2D eigenvalue weighted by Crippen LogP contribution is -2.47. The summed E-state index contributed by atoms with van der Waals surface area (Å²) < 4.78 is 26.9. The second kappa shape index (κ2) is 8.41. The number of halogens is 2. The zero-order valence-electron chi connectivity index (χ0n) is 17.1. The van der Waals surface area contributed by atoms with E-state index in [4.69, 9.17) is 0 Å². The van der Waals surface area contributed by atoms with E-state index < -0.39 is 11.6 Å². The Morgan fingerprint density at radius 3 is 2.56 bits per heavy atom. The van der Waals surface area contributed by atoms with Gasteiger partial charge in [-0.25, -0.2) is 13.8 Å². The van der Waals surface area contributed by atoms with Crippen LogP contribution in [0.3, 0.4) is 0 Å². The first kappa shape index (κ1) is 20.2. The van der Waals surface area contributed by atoms with Gasteiger partial charge in [0.05, 0.1) is 28.3 Å². The van der Waals surface area contributed by atoms with E-state index in [2.05, 4.69) is 25.3 Å². The second-order valence-corrected chi connectivity index (χ2v) is 7.80. The van der Waals surface area contributed by atoms with Crippen LogP contribution in [0.4, 0.5) is 14.6 Å². The molecule has 9 heteroatoms. The topological polar surface area (TPSA) is 83.9 Å². The lowest BCUT2D eigenvalue weighted by Gasteiger charge is -2.36. The van der Waals surface area contributed by atoms with Crippen LogP contribution >= 0.6 is 0 Å². The zero-order chi connectivity index (χ0) is 22.1. The van der Waals surface area contributed by atoms with E-state index in [1.807, 2.05) is 4.90 Å². The van der Waals surface area contributed by atoms with E-state index in [1.165, 1.54) is 6.20 Å². The number of nitrogens with one attached hydrogen (secondary N) is 1. The van der Waals surface area contributed by atoms with Crippen molar-refractivity contribution in [3.63, 3.8) is 0 Å². The maximum absolute atomic E-state index is 13.5. The molecule has 0 radical (unpaired) electrons. The Morgan fingerprint density at radius 1 is 0.969 bits per heavy atom. The van der Waals surface area contributed by atoms with E-state index in [0.29, 0.717) is 30.0 Å². The highest BCUT2D eigenvalue weighted by Crippen LogP contribution is 2.22. The molecule has 0 bridgehead atoms. The van der Waals surface area contributed by atoms with Gasteiger partial charge in [-0.1, -0.05) is 0 Å². The molecule has 0 saturated carbocycles. The SMILES string of the molecule is O=C(c1ccc2nccnc2c1)N1CCCC[C@H]1CNc1cnc2cc(F)c(F)cc2n1. The molecule has 1 atom stereocenters. The first-order valence-corrected chi connectivity index (χ1v) is 10.5. The van der Waals surface area contributed by atoms with E-state index in [9.17, 15) is 13.6 Å². The van der Waals surface area contributed by atoms with Crippen LogP contribution in [-0.4, -0.2) is 49.9 Å². The lowest BCUT2D eigenvalue weighted by molar-refractivity contribution is 0.0628. The molecule has 0 spiro atoms. The van der Waals surface area contributed by atoms with Gasteiger partial charge in [0, 0.05) is 49.2 Å². The van der Waals surface area contributed by atoms with Crippen molar-refractivity contribution >= 4 is 33.8 Å². The first-order valence-electron chi connectivity index (χ1n) is 10.5. The highest BCUT2D eigenvalue weighted by atomic mass is 19.2. The van der Waals surface area contributed by atoms with Gasteiger partial charge in [-0.05, 0) is 37.5 Å². The molecule has 0 aliphatic carbocycles. The molecular weight excluding hydrogens is 414 g/mol. The predicted molar refractivity (Wildman–Crippen MR) is 116 cm³/mol. The number of aromatic nitrogens is 4. The average Bonchev–Trinajstić information content (AvgIpc) is 2.83. The van der Waals surface area contributed by atoms with Crippen LogP contribution in [0.1, 0.15) is 29.6 Å². The second-order valence-electron chi connectivity index (χ2n) is 7.80. The van der Waals surface area contributed by atoms with Crippen LogP contribution in [0.5, 0.6) is 0 Å².